The molecular weight excluding hydrogens is 236 g/mol. The van der Waals surface area contributed by atoms with E-state index in [9.17, 15) is 4.79 Å². The maximum Gasteiger partial charge on any atom is 0.339 e. The minimum Gasteiger partial charge on any atom is -0.478 e. The number of methoxy groups -OCH3 is 1. The molecular formula is C12H18N2O4. The van der Waals surface area contributed by atoms with Gasteiger partial charge in [-0.05, 0) is 19.4 Å². The third-order valence-corrected chi connectivity index (χ3v) is 2.48. The second kappa shape index (κ2) is 6.93. The molecule has 1 aromatic rings. The van der Waals surface area contributed by atoms with Crippen molar-refractivity contribution in [2.75, 3.05) is 25.6 Å². The lowest BCUT2D eigenvalue weighted by molar-refractivity contribution is 0.0697. The zero-order valence-corrected chi connectivity index (χ0v) is 10.5. The molecule has 0 saturated carbocycles. The summed E-state index contributed by atoms with van der Waals surface area (Å²) in [5.41, 5.74) is 1.33. The molecule has 3 N–H and O–H groups in total. The van der Waals surface area contributed by atoms with Crippen LogP contribution < -0.4 is 5.32 Å². The summed E-state index contributed by atoms with van der Waals surface area (Å²) in [4.78, 5) is 15.0. The third-order valence-electron chi connectivity index (χ3n) is 2.48. The number of hydrogen-bond donors (Lipinski definition) is 3. The van der Waals surface area contributed by atoms with Gasteiger partial charge in [0, 0.05) is 25.6 Å². The Balaban J connectivity index is 2.92. The van der Waals surface area contributed by atoms with Crippen LogP contribution in [0.25, 0.3) is 0 Å². The lowest BCUT2D eigenvalue weighted by Gasteiger charge is -2.19. The van der Waals surface area contributed by atoms with Crippen LogP contribution in [-0.2, 0) is 4.74 Å². The molecule has 1 aromatic heterocycles. The number of hydrogen-bond acceptors (Lipinski definition) is 5. The van der Waals surface area contributed by atoms with Crippen LogP contribution in [0.5, 0.6) is 0 Å². The van der Waals surface area contributed by atoms with E-state index in [0.29, 0.717) is 18.7 Å². The Morgan fingerprint density at radius 3 is 2.89 bits per heavy atom. The predicted molar refractivity (Wildman–Crippen MR) is 66.9 cm³/mol. The molecule has 6 nitrogen and oxygen atoms in total. The molecule has 0 radical (unpaired) electrons. The zero-order chi connectivity index (χ0) is 13.5. The maximum atomic E-state index is 11.1. The highest BCUT2D eigenvalue weighted by molar-refractivity contribution is 5.93. The standard InChI is InChI=1S/C12H18N2O4/c1-8-5-11(10(6-13-8)12(16)17)14-9(3-4-15)7-18-2/h5-6,9,15H,3-4,7H2,1-2H3,(H,13,14)(H,16,17). The fraction of sp³-hybridized carbons (Fsp3) is 0.500. The normalized spacial score (nSPS) is 12.2. The molecule has 0 aliphatic rings. The van der Waals surface area contributed by atoms with Crippen LogP contribution in [0, 0.1) is 6.92 Å². The van der Waals surface area contributed by atoms with Crippen molar-refractivity contribution in [2.45, 2.75) is 19.4 Å². The Bertz CT molecular complexity index is 403. The molecule has 0 fully saturated rings. The summed E-state index contributed by atoms with van der Waals surface area (Å²) in [5.74, 6) is -1.04. The van der Waals surface area contributed by atoms with Crippen LogP contribution in [0.2, 0.25) is 0 Å². The largest absolute Gasteiger partial charge is 0.478 e. The van der Waals surface area contributed by atoms with E-state index in [-0.39, 0.29) is 18.2 Å². The van der Waals surface area contributed by atoms with Crippen LogP contribution in [0.15, 0.2) is 12.3 Å². The molecule has 0 aliphatic carbocycles. The molecule has 0 aliphatic heterocycles. The third kappa shape index (κ3) is 3.97. The first-order valence-electron chi connectivity index (χ1n) is 5.64. The minimum absolute atomic E-state index is 0.00744. The van der Waals surface area contributed by atoms with Gasteiger partial charge in [0.2, 0.25) is 0 Å². The molecule has 6 heteroatoms. The summed E-state index contributed by atoms with van der Waals surface area (Å²) in [6.45, 7) is 2.18. The van der Waals surface area contributed by atoms with Crippen molar-refractivity contribution < 1.29 is 19.7 Å². The number of nitrogens with one attached hydrogen (secondary N) is 1. The van der Waals surface area contributed by atoms with Gasteiger partial charge >= 0.3 is 5.97 Å². The van der Waals surface area contributed by atoms with Gasteiger partial charge in [-0.15, -0.1) is 0 Å². The SMILES string of the molecule is COCC(CCO)Nc1cc(C)ncc1C(=O)O. The molecule has 1 rings (SSSR count). The summed E-state index contributed by atoms with van der Waals surface area (Å²) in [7, 11) is 1.56. The van der Waals surface area contributed by atoms with Crippen LogP contribution in [-0.4, -0.2) is 47.5 Å². The number of carboxylic acid groups (broad SMARTS) is 1. The van der Waals surface area contributed by atoms with Gasteiger partial charge in [-0.3, -0.25) is 4.98 Å². The monoisotopic (exact) mass is 254 g/mol. The Labute approximate surface area is 106 Å². The number of aryl methyl sites for hydroxylation is 1. The highest BCUT2D eigenvalue weighted by Crippen LogP contribution is 2.17. The fourth-order valence-electron chi connectivity index (χ4n) is 1.62. The number of carboxylic acids is 1. The van der Waals surface area contributed by atoms with E-state index < -0.39 is 5.97 Å². The quantitative estimate of drug-likeness (QED) is 0.669. The molecule has 100 valence electrons. The van der Waals surface area contributed by atoms with E-state index in [4.69, 9.17) is 14.9 Å². The Hall–Kier alpha value is -1.66. The van der Waals surface area contributed by atoms with Gasteiger partial charge in [0.05, 0.1) is 18.3 Å². The number of pyridine rings is 1. The zero-order valence-electron chi connectivity index (χ0n) is 10.5. The highest BCUT2D eigenvalue weighted by atomic mass is 16.5. The van der Waals surface area contributed by atoms with Crippen LogP contribution >= 0.6 is 0 Å². The van der Waals surface area contributed by atoms with Gasteiger partial charge in [-0.1, -0.05) is 0 Å². The average Bonchev–Trinajstić information content (AvgIpc) is 2.29. The van der Waals surface area contributed by atoms with E-state index in [0.717, 1.165) is 5.69 Å². The van der Waals surface area contributed by atoms with Crippen molar-refractivity contribution >= 4 is 11.7 Å². The number of rotatable bonds is 7. The topological polar surface area (TPSA) is 91.7 Å². The lowest BCUT2D eigenvalue weighted by atomic mass is 10.1. The van der Waals surface area contributed by atoms with Crippen molar-refractivity contribution in [3.8, 4) is 0 Å². The molecule has 0 aromatic carbocycles. The number of aliphatic hydroxyl groups is 1. The van der Waals surface area contributed by atoms with E-state index in [1.165, 1.54) is 6.20 Å². The van der Waals surface area contributed by atoms with Gasteiger partial charge in [0.25, 0.3) is 0 Å². The number of nitrogens with zero attached hydrogens (tertiary/aromatic N) is 1. The van der Waals surface area contributed by atoms with E-state index in [2.05, 4.69) is 10.3 Å². The van der Waals surface area contributed by atoms with E-state index >= 15 is 0 Å². The summed E-state index contributed by atoms with van der Waals surface area (Å²) in [5, 5.41) is 21.1. The number of ether oxygens (including phenoxy) is 1. The second-order valence-corrected chi connectivity index (χ2v) is 3.99. The summed E-state index contributed by atoms with van der Waals surface area (Å²) in [6, 6.07) is 1.53. The van der Waals surface area contributed by atoms with Crippen molar-refractivity contribution in [1.29, 1.82) is 0 Å². The fourth-order valence-corrected chi connectivity index (χ4v) is 1.62. The van der Waals surface area contributed by atoms with Crippen molar-refractivity contribution in [2.24, 2.45) is 0 Å². The van der Waals surface area contributed by atoms with Crippen molar-refractivity contribution in [1.82, 2.24) is 4.98 Å². The summed E-state index contributed by atoms with van der Waals surface area (Å²) >= 11 is 0. The van der Waals surface area contributed by atoms with E-state index in [1.807, 2.05) is 0 Å². The van der Waals surface area contributed by atoms with Gasteiger partial charge in [0.1, 0.15) is 5.56 Å². The van der Waals surface area contributed by atoms with Crippen LogP contribution in [0.4, 0.5) is 5.69 Å². The van der Waals surface area contributed by atoms with Gasteiger partial charge in [0.15, 0.2) is 0 Å². The number of anilines is 1. The Morgan fingerprint density at radius 1 is 1.61 bits per heavy atom. The Morgan fingerprint density at radius 2 is 2.33 bits per heavy atom. The molecule has 0 saturated heterocycles. The lowest BCUT2D eigenvalue weighted by Crippen LogP contribution is -2.27. The molecule has 1 atom stereocenters. The summed E-state index contributed by atoms with van der Waals surface area (Å²) < 4.78 is 5.02. The van der Waals surface area contributed by atoms with Gasteiger partial charge < -0.3 is 20.3 Å². The smallest absolute Gasteiger partial charge is 0.339 e. The van der Waals surface area contributed by atoms with Crippen molar-refractivity contribution in [3.05, 3.63) is 23.5 Å². The van der Waals surface area contributed by atoms with Crippen LogP contribution in [0.1, 0.15) is 22.5 Å². The molecule has 1 unspecified atom stereocenters. The minimum atomic E-state index is -1.04. The first-order valence-corrected chi connectivity index (χ1v) is 5.64. The summed E-state index contributed by atoms with van der Waals surface area (Å²) in [6.07, 6.45) is 1.80. The highest BCUT2D eigenvalue weighted by Gasteiger charge is 2.15. The Kier molecular flexibility index (Phi) is 5.54. The first-order chi connectivity index (χ1) is 8.58. The van der Waals surface area contributed by atoms with E-state index in [1.54, 1.807) is 20.1 Å². The number of aromatic carboxylic acids is 1. The molecule has 0 bridgehead atoms. The van der Waals surface area contributed by atoms with Gasteiger partial charge in [-0.25, -0.2) is 4.79 Å². The first kappa shape index (κ1) is 14.4. The number of carbonyl (C=O) groups is 1. The predicted octanol–water partition coefficient (Wildman–Crippen LogP) is 0.898. The maximum absolute atomic E-state index is 11.1. The second-order valence-electron chi connectivity index (χ2n) is 3.99. The number of aliphatic hydroxyl groups excluding tert-OH is 1. The molecule has 1 heterocycles. The average molecular weight is 254 g/mol. The number of aromatic nitrogens is 1. The molecule has 0 spiro atoms. The van der Waals surface area contributed by atoms with Crippen molar-refractivity contribution in [3.63, 3.8) is 0 Å². The molecule has 18 heavy (non-hydrogen) atoms. The van der Waals surface area contributed by atoms with Gasteiger partial charge in [-0.2, -0.15) is 0 Å². The molecule has 0 amide bonds. The van der Waals surface area contributed by atoms with Crippen LogP contribution in [0.3, 0.4) is 0 Å².